The number of amides is 2. The molecule has 1 heterocycles. The molecule has 33 heavy (non-hydrogen) atoms. The second-order valence-electron chi connectivity index (χ2n) is 7.26. The summed E-state index contributed by atoms with van der Waals surface area (Å²) in [5.74, 6) is -1.83. The maximum atomic E-state index is 12.4. The highest BCUT2D eigenvalue weighted by Gasteiger charge is 2.29. The molecule has 170 valence electrons. The SMILES string of the molecule is COC(CNC(=O)c1csc(NC(=O)OCC2c3ccccc3-c3ccccc32)n1)C(=O)O. The van der Waals surface area contributed by atoms with E-state index < -0.39 is 24.1 Å². The van der Waals surface area contributed by atoms with E-state index >= 15 is 0 Å². The van der Waals surface area contributed by atoms with Gasteiger partial charge in [-0.15, -0.1) is 11.3 Å². The van der Waals surface area contributed by atoms with E-state index in [1.807, 2.05) is 36.4 Å². The van der Waals surface area contributed by atoms with E-state index in [1.165, 1.54) is 12.5 Å². The van der Waals surface area contributed by atoms with Crippen LogP contribution in [0, 0.1) is 0 Å². The molecule has 1 aliphatic rings. The van der Waals surface area contributed by atoms with Crippen LogP contribution < -0.4 is 10.6 Å². The molecule has 3 N–H and O–H groups in total. The van der Waals surface area contributed by atoms with Crippen molar-refractivity contribution in [3.63, 3.8) is 0 Å². The zero-order chi connectivity index (χ0) is 23.4. The number of ether oxygens (including phenoxy) is 2. The van der Waals surface area contributed by atoms with Gasteiger partial charge in [0.25, 0.3) is 5.91 Å². The van der Waals surface area contributed by atoms with Crippen molar-refractivity contribution in [2.24, 2.45) is 0 Å². The van der Waals surface area contributed by atoms with Crippen LogP contribution >= 0.6 is 11.3 Å². The van der Waals surface area contributed by atoms with Gasteiger partial charge in [-0.3, -0.25) is 10.1 Å². The number of hydrogen-bond donors (Lipinski definition) is 3. The second kappa shape index (κ2) is 9.80. The summed E-state index contributed by atoms with van der Waals surface area (Å²) in [6, 6.07) is 16.1. The Bertz CT molecular complexity index is 1150. The van der Waals surface area contributed by atoms with Crippen LogP contribution in [-0.4, -0.2) is 54.4 Å². The lowest BCUT2D eigenvalue weighted by atomic mass is 9.98. The molecule has 0 bridgehead atoms. The number of aliphatic carboxylic acids is 1. The number of aromatic nitrogens is 1. The fourth-order valence-electron chi connectivity index (χ4n) is 3.70. The van der Waals surface area contributed by atoms with Crippen LogP contribution in [0.25, 0.3) is 11.1 Å². The van der Waals surface area contributed by atoms with E-state index in [0.717, 1.165) is 33.6 Å². The van der Waals surface area contributed by atoms with Crippen molar-refractivity contribution in [2.45, 2.75) is 12.0 Å². The van der Waals surface area contributed by atoms with E-state index in [1.54, 1.807) is 0 Å². The van der Waals surface area contributed by atoms with Crippen molar-refractivity contribution < 1.29 is 29.0 Å². The number of carboxylic acids is 1. The Labute approximate surface area is 193 Å². The van der Waals surface area contributed by atoms with Gasteiger partial charge >= 0.3 is 12.1 Å². The molecule has 1 unspecified atom stereocenters. The van der Waals surface area contributed by atoms with Crippen LogP contribution in [0.2, 0.25) is 0 Å². The van der Waals surface area contributed by atoms with Gasteiger partial charge in [0.1, 0.15) is 12.3 Å². The van der Waals surface area contributed by atoms with Gasteiger partial charge in [0, 0.05) is 18.4 Å². The second-order valence-corrected chi connectivity index (χ2v) is 8.12. The van der Waals surface area contributed by atoms with Gasteiger partial charge in [-0.2, -0.15) is 0 Å². The summed E-state index contributed by atoms with van der Waals surface area (Å²) >= 11 is 1.06. The summed E-state index contributed by atoms with van der Waals surface area (Å²) in [4.78, 5) is 39.5. The van der Waals surface area contributed by atoms with Crippen molar-refractivity contribution in [2.75, 3.05) is 25.6 Å². The zero-order valence-corrected chi connectivity index (χ0v) is 18.4. The Balaban J connectivity index is 1.34. The molecule has 0 radical (unpaired) electrons. The van der Waals surface area contributed by atoms with Gasteiger partial charge in [-0.25, -0.2) is 14.6 Å². The van der Waals surface area contributed by atoms with Crippen LogP contribution in [0.5, 0.6) is 0 Å². The summed E-state index contributed by atoms with van der Waals surface area (Å²) < 4.78 is 10.2. The summed E-state index contributed by atoms with van der Waals surface area (Å²) in [6.07, 6.45) is -1.84. The highest BCUT2D eigenvalue weighted by Crippen LogP contribution is 2.44. The van der Waals surface area contributed by atoms with E-state index in [0.29, 0.717) is 0 Å². The van der Waals surface area contributed by atoms with Gasteiger partial charge in [-0.1, -0.05) is 48.5 Å². The molecule has 0 saturated heterocycles. The lowest BCUT2D eigenvalue weighted by molar-refractivity contribution is -0.148. The van der Waals surface area contributed by atoms with E-state index in [4.69, 9.17) is 14.6 Å². The van der Waals surface area contributed by atoms with Crippen molar-refractivity contribution in [3.05, 3.63) is 70.7 Å². The minimum absolute atomic E-state index is 0.0502. The number of anilines is 1. The van der Waals surface area contributed by atoms with Crippen LogP contribution in [0.1, 0.15) is 27.5 Å². The standard InChI is InChI=1S/C23H21N3O6S/c1-31-19(21(28)29)10-24-20(27)18-12-33-22(25-18)26-23(30)32-11-17-15-8-4-2-6-13(15)14-7-3-5-9-16(14)17/h2-9,12,17,19H,10-11H2,1H3,(H,24,27)(H,28,29)(H,25,26,30). The molecule has 3 aromatic rings. The molecule has 1 aliphatic carbocycles. The molecule has 0 aliphatic heterocycles. The third kappa shape index (κ3) is 4.86. The average molecular weight is 468 g/mol. The van der Waals surface area contributed by atoms with Gasteiger partial charge in [0.05, 0.1) is 6.54 Å². The van der Waals surface area contributed by atoms with E-state index in [-0.39, 0.29) is 29.9 Å². The highest BCUT2D eigenvalue weighted by atomic mass is 32.1. The highest BCUT2D eigenvalue weighted by molar-refractivity contribution is 7.14. The van der Waals surface area contributed by atoms with Gasteiger partial charge < -0.3 is 19.9 Å². The smallest absolute Gasteiger partial charge is 0.413 e. The van der Waals surface area contributed by atoms with E-state index in [9.17, 15) is 14.4 Å². The molecule has 0 fully saturated rings. The normalized spacial score (nSPS) is 13.0. The fourth-order valence-corrected chi connectivity index (χ4v) is 4.38. The first-order valence-electron chi connectivity index (χ1n) is 10.1. The molecule has 1 atom stereocenters. The van der Waals surface area contributed by atoms with Gasteiger partial charge in [0.2, 0.25) is 0 Å². The monoisotopic (exact) mass is 467 g/mol. The zero-order valence-electron chi connectivity index (χ0n) is 17.6. The molecular formula is C23H21N3O6S. The number of hydrogen-bond acceptors (Lipinski definition) is 7. The quantitative estimate of drug-likeness (QED) is 0.464. The predicted molar refractivity (Wildman–Crippen MR) is 122 cm³/mol. The maximum Gasteiger partial charge on any atom is 0.413 e. The van der Waals surface area contributed by atoms with Crippen molar-refractivity contribution in [1.29, 1.82) is 0 Å². The fraction of sp³-hybridized carbons (Fsp3) is 0.217. The molecule has 0 saturated carbocycles. The van der Waals surface area contributed by atoms with Crippen molar-refractivity contribution >= 4 is 34.4 Å². The Morgan fingerprint density at radius 1 is 1.09 bits per heavy atom. The number of carbonyl (C=O) groups excluding carboxylic acids is 2. The maximum absolute atomic E-state index is 12.4. The molecule has 9 nitrogen and oxygen atoms in total. The van der Waals surface area contributed by atoms with Gasteiger partial charge in [-0.05, 0) is 22.3 Å². The molecule has 2 aromatic carbocycles. The molecule has 0 spiro atoms. The minimum Gasteiger partial charge on any atom is -0.479 e. The van der Waals surface area contributed by atoms with Crippen molar-refractivity contribution in [1.82, 2.24) is 10.3 Å². The Kier molecular flexibility index (Phi) is 6.66. The number of benzene rings is 2. The third-order valence-electron chi connectivity index (χ3n) is 5.30. The first-order valence-corrected chi connectivity index (χ1v) is 11.0. The Morgan fingerprint density at radius 3 is 2.33 bits per heavy atom. The summed E-state index contributed by atoms with van der Waals surface area (Å²) in [5.41, 5.74) is 4.53. The topological polar surface area (TPSA) is 127 Å². The average Bonchev–Trinajstić information content (AvgIpc) is 3.40. The number of nitrogens with one attached hydrogen (secondary N) is 2. The van der Waals surface area contributed by atoms with Crippen molar-refractivity contribution in [3.8, 4) is 11.1 Å². The molecular weight excluding hydrogens is 446 g/mol. The molecule has 1 aromatic heterocycles. The Morgan fingerprint density at radius 2 is 1.73 bits per heavy atom. The summed E-state index contributed by atoms with van der Waals surface area (Å²) in [7, 11) is 1.24. The van der Waals surface area contributed by atoms with Crippen LogP contribution in [-0.2, 0) is 14.3 Å². The largest absolute Gasteiger partial charge is 0.479 e. The molecule has 10 heteroatoms. The number of methoxy groups -OCH3 is 1. The first kappa shape index (κ1) is 22.4. The Hall–Kier alpha value is -3.76. The lowest BCUT2D eigenvalue weighted by Crippen LogP contribution is -2.37. The number of nitrogens with zero attached hydrogens (tertiary/aromatic N) is 1. The molecule has 2 amide bonds. The number of thiazole rings is 1. The minimum atomic E-state index is -1.19. The first-order chi connectivity index (χ1) is 16.0. The number of fused-ring (bicyclic) bond motifs is 3. The van der Waals surface area contributed by atoms with Crippen LogP contribution in [0.3, 0.4) is 0 Å². The third-order valence-corrected chi connectivity index (χ3v) is 6.06. The number of rotatable bonds is 8. The summed E-state index contributed by atoms with van der Waals surface area (Å²) in [5, 5.41) is 15.6. The predicted octanol–water partition coefficient (Wildman–Crippen LogP) is 3.33. The van der Waals surface area contributed by atoms with Crippen LogP contribution in [0.4, 0.5) is 9.93 Å². The number of carboxylic acid groups (broad SMARTS) is 1. The van der Waals surface area contributed by atoms with E-state index in [2.05, 4.69) is 27.8 Å². The number of carbonyl (C=O) groups is 3. The van der Waals surface area contributed by atoms with Crippen LogP contribution in [0.15, 0.2) is 53.9 Å². The van der Waals surface area contributed by atoms with Gasteiger partial charge in [0.15, 0.2) is 11.2 Å². The molecule has 4 rings (SSSR count). The lowest BCUT2D eigenvalue weighted by Gasteiger charge is -2.14. The summed E-state index contributed by atoms with van der Waals surface area (Å²) in [6.45, 7) is -0.0521.